The summed E-state index contributed by atoms with van der Waals surface area (Å²) in [5.74, 6) is -3.16. The summed E-state index contributed by atoms with van der Waals surface area (Å²) in [5.41, 5.74) is 0. The van der Waals surface area contributed by atoms with Crippen LogP contribution < -0.4 is 0 Å². The van der Waals surface area contributed by atoms with Gasteiger partial charge in [0.25, 0.3) is 0 Å². The molecular weight excluding hydrogens is 853 g/mol. The molecule has 1 rings (SSSR count). The highest BCUT2D eigenvalue weighted by atomic mass is 16.7. The lowest BCUT2D eigenvalue weighted by atomic mass is 9.98. The molecule has 12 nitrogen and oxygen atoms in total. The van der Waals surface area contributed by atoms with Crippen molar-refractivity contribution in [3.8, 4) is 0 Å². The molecule has 6 unspecified atom stereocenters. The summed E-state index contributed by atoms with van der Waals surface area (Å²) >= 11 is 0. The summed E-state index contributed by atoms with van der Waals surface area (Å²) in [5, 5.41) is 31.3. The van der Waals surface area contributed by atoms with E-state index in [4.69, 9.17) is 23.7 Å². The van der Waals surface area contributed by atoms with Gasteiger partial charge in [-0.3, -0.25) is 14.4 Å². The van der Waals surface area contributed by atoms with Crippen molar-refractivity contribution in [2.45, 2.75) is 263 Å². The molecule has 0 spiro atoms. The van der Waals surface area contributed by atoms with Gasteiger partial charge in [0, 0.05) is 19.3 Å². The van der Waals surface area contributed by atoms with Gasteiger partial charge in [-0.05, 0) is 70.6 Å². The van der Waals surface area contributed by atoms with Crippen LogP contribution in [-0.2, 0) is 42.9 Å². The number of unbranched alkanes of at least 4 members (excludes halogenated alkanes) is 22. The number of aliphatic carboxylic acids is 1. The molecule has 1 aliphatic rings. The van der Waals surface area contributed by atoms with Gasteiger partial charge in [0.15, 0.2) is 24.6 Å². The molecule has 0 aliphatic carbocycles. The number of allylic oxidation sites excluding steroid dienone is 8. The van der Waals surface area contributed by atoms with Crippen molar-refractivity contribution in [3.05, 3.63) is 48.6 Å². The van der Waals surface area contributed by atoms with Crippen molar-refractivity contribution < 1.29 is 58.2 Å². The normalized spacial score (nSPS) is 19.2. The predicted octanol–water partition coefficient (Wildman–Crippen LogP) is 12.7. The molecule has 0 saturated carbocycles. The van der Waals surface area contributed by atoms with Crippen molar-refractivity contribution in [2.75, 3.05) is 13.2 Å². The van der Waals surface area contributed by atoms with Crippen molar-refractivity contribution in [2.24, 2.45) is 0 Å². The van der Waals surface area contributed by atoms with E-state index in [-0.39, 0.29) is 25.9 Å². The lowest BCUT2D eigenvalue weighted by Gasteiger charge is -2.40. The summed E-state index contributed by atoms with van der Waals surface area (Å²) in [7, 11) is 0. The van der Waals surface area contributed by atoms with Gasteiger partial charge in [-0.15, -0.1) is 0 Å². The first kappa shape index (κ1) is 61.7. The molecule has 0 radical (unpaired) electrons. The van der Waals surface area contributed by atoms with Crippen LogP contribution in [0.2, 0.25) is 0 Å². The molecule has 67 heavy (non-hydrogen) atoms. The van der Waals surface area contributed by atoms with E-state index in [0.717, 1.165) is 103 Å². The van der Waals surface area contributed by atoms with Gasteiger partial charge in [-0.25, -0.2) is 4.79 Å². The molecule has 1 aliphatic heterocycles. The molecule has 0 aromatic rings. The average Bonchev–Trinajstić information content (AvgIpc) is 3.31. The highest BCUT2D eigenvalue weighted by Gasteiger charge is 2.50. The number of rotatable bonds is 44. The first-order valence-electron chi connectivity index (χ1n) is 26.6. The minimum absolute atomic E-state index is 0.0597. The monoisotopic (exact) mass is 947 g/mol. The Labute approximate surface area is 405 Å². The zero-order valence-electron chi connectivity index (χ0n) is 42.1. The highest BCUT2D eigenvalue weighted by Crippen LogP contribution is 2.26. The Kier molecular flexibility index (Phi) is 40.4. The fraction of sp³-hybridized carbons (Fsp3) is 0.782. The predicted molar refractivity (Wildman–Crippen MR) is 266 cm³/mol. The number of hydrogen-bond acceptors (Lipinski definition) is 11. The molecule has 12 heteroatoms. The maximum atomic E-state index is 13.0. The van der Waals surface area contributed by atoms with Gasteiger partial charge in [-0.2, -0.15) is 0 Å². The SMILES string of the molecule is CC/C=C\C/C=C\C/C=C\CCCCCC(=O)OCC(COC1OC(C(=O)O)C(O)C(O)C1OC(=O)CCCCCCCCCCCCCCC)OC(=O)CCCCCCC/C=C\CCCC. The second kappa shape index (κ2) is 43.9. The number of aliphatic hydroxyl groups excluding tert-OH is 2. The van der Waals surface area contributed by atoms with Crippen molar-refractivity contribution in [1.29, 1.82) is 0 Å². The fourth-order valence-corrected chi connectivity index (χ4v) is 7.77. The minimum Gasteiger partial charge on any atom is -0.479 e. The van der Waals surface area contributed by atoms with E-state index in [1.165, 1.54) is 64.2 Å². The second-order valence-corrected chi connectivity index (χ2v) is 18.1. The van der Waals surface area contributed by atoms with Gasteiger partial charge in [-0.1, -0.05) is 185 Å². The van der Waals surface area contributed by atoms with Crippen LogP contribution in [-0.4, -0.2) is 89.2 Å². The molecule has 386 valence electrons. The topological polar surface area (TPSA) is 175 Å². The molecule has 1 heterocycles. The van der Waals surface area contributed by atoms with Gasteiger partial charge in [0.1, 0.15) is 18.8 Å². The van der Waals surface area contributed by atoms with E-state index in [2.05, 4.69) is 69.4 Å². The van der Waals surface area contributed by atoms with Crippen molar-refractivity contribution in [1.82, 2.24) is 0 Å². The Morgan fingerprint density at radius 2 is 0.955 bits per heavy atom. The average molecular weight is 947 g/mol. The number of hydrogen-bond donors (Lipinski definition) is 3. The Balaban J connectivity index is 2.74. The zero-order chi connectivity index (χ0) is 49.0. The van der Waals surface area contributed by atoms with E-state index < -0.39 is 67.3 Å². The maximum Gasteiger partial charge on any atom is 0.335 e. The van der Waals surface area contributed by atoms with Crippen LogP contribution in [0.25, 0.3) is 0 Å². The third-order valence-electron chi connectivity index (χ3n) is 11.9. The van der Waals surface area contributed by atoms with Crippen molar-refractivity contribution >= 4 is 23.9 Å². The molecular formula is C55H94O12. The van der Waals surface area contributed by atoms with Gasteiger partial charge >= 0.3 is 23.9 Å². The number of carbonyl (C=O) groups excluding carboxylic acids is 3. The smallest absolute Gasteiger partial charge is 0.335 e. The Hall–Kier alpha value is -3.32. The first-order valence-corrected chi connectivity index (χ1v) is 26.6. The highest BCUT2D eigenvalue weighted by molar-refractivity contribution is 5.74. The third-order valence-corrected chi connectivity index (χ3v) is 11.9. The summed E-state index contributed by atoms with van der Waals surface area (Å²) in [6.07, 6.45) is 38.2. The van der Waals surface area contributed by atoms with Crippen LogP contribution in [0.5, 0.6) is 0 Å². The number of carboxylic acid groups (broad SMARTS) is 1. The second-order valence-electron chi connectivity index (χ2n) is 18.1. The number of carbonyl (C=O) groups is 4. The zero-order valence-corrected chi connectivity index (χ0v) is 42.1. The van der Waals surface area contributed by atoms with E-state index >= 15 is 0 Å². The van der Waals surface area contributed by atoms with E-state index in [9.17, 15) is 34.5 Å². The van der Waals surface area contributed by atoms with E-state index in [0.29, 0.717) is 19.3 Å². The first-order chi connectivity index (χ1) is 32.6. The van der Waals surface area contributed by atoms with E-state index in [1.807, 2.05) is 0 Å². The molecule has 0 bridgehead atoms. The summed E-state index contributed by atoms with van der Waals surface area (Å²) in [4.78, 5) is 50.8. The van der Waals surface area contributed by atoms with Crippen LogP contribution >= 0.6 is 0 Å². The van der Waals surface area contributed by atoms with Crippen LogP contribution in [0.15, 0.2) is 48.6 Å². The standard InChI is InChI=1S/C55H94O12/c1-4-7-10-13-16-19-22-24-27-29-32-35-38-41-47(56)63-44-46(65-48(57)42-39-36-33-30-26-21-18-15-12-9-6-3)45-64-55-53(51(60)50(59)52(67-55)54(61)62)66-49(58)43-40-37-34-31-28-25-23-20-17-14-11-8-5-2/h7,10,15-16,18-19,24,27,46,50-53,55,59-60H,4-6,8-9,11-14,17,20-23,25-26,28-45H2,1-3H3,(H,61,62)/b10-7-,18-15-,19-16-,27-24-. The molecule has 0 aromatic heterocycles. The lowest BCUT2D eigenvalue weighted by molar-refractivity contribution is -0.301. The quantitative estimate of drug-likeness (QED) is 0.0228. The van der Waals surface area contributed by atoms with E-state index in [1.54, 1.807) is 0 Å². The van der Waals surface area contributed by atoms with Crippen LogP contribution in [0.1, 0.15) is 226 Å². The van der Waals surface area contributed by atoms with Gasteiger partial charge in [0.2, 0.25) is 0 Å². The largest absolute Gasteiger partial charge is 0.479 e. The number of esters is 3. The Bertz CT molecular complexity index is 1360. The number of carboxylic acids is 1. The van der Waals surface area contributed by atoms with Gasteiger partial charge < -0.3 is 39.0 Å². The minimum atomic E-state index is -1.90. The molecule has 0 aromatic carbocycles. The molecule has 3 N–H and O–H groups in total. The summed E-state index contributed by atoms with van der Waals surface area (Å²) in [6.45, 7) is 5.78. The van der Waals surface area contributed by atoms with Crippen molar-refractivity contribution in [3.63, 3.8) is 0 Å². The molecule has 6 atom stereocenters. The Morgan fingerprint density at radius 1 is 0.507 bits per heavy atom. The lowest BCUT2D eigenvalue weighted by Crippen LogP contribution is -2.61. The summed E-state index contributed by atoms with van der Waals surface area (Å²) in [6, 6.07) is 0. The van der Waals surface area contributed by atoms with Crippen LogP contribution in [0.4, 0.5) is 0 Å². The molecule has 0 amide bonds. The maximum absolute atomic E-state index is 13.0. The molecule has 1 fully saturated rings. The van der Waals surface area contributed by atoms with Gasteiger partial charge in [0.05, 0.1) is 6.61 Å². The molecule has 1 saturated heterocycles. The summed E-state index contributed by atoms with van der Waals surface area (Å²) < 4.78 is 28.3. The fourth-order valence-electron chi connectivity index (χ4n) is 7.77. The van der Waals surface area contributed by atoms with Crippen LogP contribution in [0, 0.1) is 0 Å². The number of ether oxygens (including phenoxy) is 5. The van der Waals surface area contributed by atoms with Crippen LogP contribution in [0.3, 0.4) is 0 Å². The number of aliphatic hydroxyl groups is 2. The third kappa shape index (κ3) is 34.6. The Morgan fingerprint density at radius 3 is 1.51 bits per heavy atom.